The molecular formula is C17H22FN3O5. The molecule has 1 aromatic carbocycles. The molecule has 0 bridgehead atoms. The predicted octanol–water partition coefficient (Wildman–Crippen LogP) is -0.204. The molecule has 0 fully saturated rings. The summed E-state index contributed by atoms with van der Waals surface area (Å²) in [6, 6.07) is 3.19. The van der Waals surface area contributed by atoms with Gasteiger partial charge in [-0.3, -0.25) is 19.2 Å². The minimum atomic E-state index is -1.29. The highest BCUT2D eigenvalue weighted by atomic mass is 19.1. The number of carbonyl (C=O) groups is 4. The molecule has 0 aliphatic carbocycles. The van der Waals surface area contributed by atoms with E-state index in [1.54, 1.807) is 13.0 Å². The quantitative estimate of drug-likeness (QED) is 0.521. The van der Waals surface area contributed by atoms with Crippen molar-refractivity contribution in [2.45, 2.75) is 38.8 Å². The molecule has 0 aliphatic rings. The number of hydrogen-bond acceptors (Lipinski definition) is 5. The molecule has 1 aromatic rings. The van der Waals surface area contributed by atoms with Crippen LogP contribution in [0.15, 0.2) is 24.3 Å². The van der Waals surface area contributed by atoms with Gasteiger partial charge in [-0.2, -0.15) is 0 Å². The summed E-state index contributed by atoms with van der Waals surface area (Å²) in [6.45, 7) is 2.93. The van der Waals surface area contributed by atoms with Crippen LogP contribution >= 0.6 is 0 Å². The first-order valence-electron chi connectivity index (χ1n) is 7.99. The normalized spacial score (nSPS) is 12.6. The van der Waals surface area contributed by atoms with Gasteiger partial charge in [0.25, 0.3) is 0 Å². The highest BCUT2D eigenvalue weighted by molar-refractivity contribution is 5.93. The van der Waals surface area contributed by atoms with Gasteiger partial charge in [-0.25, -0.2) is 4.39 Å². The zero-order valence-corrected chi connectivity index (χ0v) is 14.6. The summed E-state index contributed by atoms with van der Waals surface area (Å²) in [6.07, 6.45) is -0.435. The SMILES string of the molecule is CCOC(=O)C[C@H](NC(=O)[C@@H](Cc1cccc(F)c1)NC(C)=O)C(N)=O. The molecule has 0 spiro atoms. The number of nitrogens with one attached hydrogen (secondary N) is 2. The summed E-state index contributed by atoms with van der Waals surface area (Å²) in [5, 5.41) is 4.75. The van der Waals surface area contributed by atoms with E-state index in [1.165, 1.54) is 25.1 Å². The molecule has 0 aliphatic heterocycles. The summed E-state index contributed by atoms with van der Waals surface area (Å²) in [5.41, 5.74) is 5.68. The number of benzene rings is 1. The van der Waals surface area contributed by atoms with Crippen LogP contribution in [-0.4, -0.2) is 42.4 Å². The standard InChI is InChI=1S/C17H22FN3O5/c1-3-26-15(23)9-13(16(19)24)21-17(25)14(20-10(2)22)8-11-5-4-6-12(18)7-11/h4-7,13-14H,3,8-9H2,1-2H3,(H2,19,24)(H,20,22)(H,21,25)/t13-,14+/m0/s1. The number of ether oxygens (including phenoxy) is 1. The van der Waals surface area contributed by atoms with Crippen LogP contribution in [0.1, 0.15) is 25.8 Å². The van der Waals surface area contributed by atoms with Crippen molar-refractivity contribution in [3.8, 4) is 0 Å². The molecule has 0 saturated carbocycles. The summed E-state index contributed by atoms with van der Waals surface area (Å²) in [5.74, 6) is -3.31. The summed E-state index contributed by atoms with van der Waals surface area (Å²) >= 11 is 0. The number of nitrogens with two attached hydrogens (primary N) is 1. The van der Waals surface area contributed by atoms with E-state index in [4.69, 9.17) is 10.5 Å². The van der Waals surface area contributed by atoms with Gasteiger partial charge in [0.05, 0.1) is 13.0 Å². The minimum absolute atomic E-state index is 0.00589. The number of esters is 1. The minimum Gasteiger partial charge on any atom is -0.466 e. The van der Waals surface area contributed by atoms with E-state index < -0.39 is 48.0 Å². The van der Waals surface area contributed by atoms with Crippen molar-refractivity contribution in [2.24, 2.45) is 5.73 Å². The van der Waals surface area contributed by atoms with Gasteiger partial charge in [-0.05, 0) is 24.6 Å². The van der Waals surface area contributed by atoms with Gasteiger partial charge in [0.15, 0.2) is 0 Å². The fourth-order valence-electron chi connectivity index (χ4n) is 2.24. The van der Waals surface area contributed by atoms with Crippen LogP contribution < -0.4 is 16.4 Å². The third kappa shape index (κ3) is 7.29. The molecule has 0 saturated heterocycles. The van der Waals surface area contributed by atoms with Crippen molar-refractivity contribution in [1.29, 1.82) is 0 Å². The van der Waals surface area contributed by atoms with Crippen molar-refractivity contribution in [3.63, 3.8) is 0 Å². The number of primary amides is 1. The molecule has 2 atom stereocenters. The number of amides is 3. The second kappa shape index (κ2) is 10.1. The largest absolute Gasteiger partial charge is 0.466 e. The van der Waals surface area contributed by atoms with Crippen molar-refractivity contribution in [2.75, 3.05) is 6.61 Å². The Morgan fingerprint density at radius 1 is 1.19 bits per heavy atom. The maximum absolute atomic E-state index is 13.3. The van der Waals surface area contributed by atoms with Crippen LogP contribution in [0, 0.1) is 5.82 Å². The highest BCUT2D eigenvalue weighted by Gasteiger charge is 2.27. The van der Waals surface area contributed by atoms with Crippen molar-refractivity contribution in [3.05, 3.63) is 35.6 Å². The first-order valence-corrected chi connectivity index (χ1v) is 7.99. The van der Waals surface area contributed by atoms with Gasteiger partial charge in [0.1, 0.15) is 17.9 Å². The zero-order chi connectivity index (χ0) is 19.7. The fourth-order valence-corrected chi connectivity index (χ4v) is 2.24. The van der Waals surface area contributed by atoms with Crippen molar-refractivity contribution >= 4 is 23.7 Å². The molecule has 3 amide bonds. The number of hydrogen-bond donors (Lipinski definition) is 3. The Morgan fingerprint density at radius 3 is 2.42 bits per heavy atom. The van der Waals surface area contributed by atoms with E-state index in [-0.39, 0.29) is 13.0 Å². The maximum Gasteiger partial charge on any atom is 0.308 e. The Kier molecular flexibility index (Phi) is 8.20. The monoisotopic (exact) mass is 367 g/mol. The number of carbonyl (C=O) groups excluding carboxylic acids is 4. The zero-order valence-electron chi connectivity index (χ0n) is 14.6. The van der Waals surface area contributed by atoms with Gasteiger partial charge < -0.3 is 21.1 Å². The van der Waals surface area contributed by atoms with Crippen LogP contribution in [0.2, 0.25) is 0 Å². The second-order valence-corrected chi connectivity index (χ2v) is 5.56. The van der Waals surface area contributed by atoms with Crippen LogP contribution in [0.4, 0.5) is 4.39 Å². The van der Waals surface area contributed by atoms with E-state index in [1.807, 2.05) is 0 Å². The average Bonchev–Trinajstić information content (AvgIpc) is 2.53. The summed E-state index contributed by atoms with van der Waals surface area (Å²) < 4.78 is 18.0. The van der Waals surface area contributed by atoms with Gasteiger partial charge >= 0.3 is 5.97 Å². The Morgan fingerprint density at radius 2 is 1.88 bits per heavy atom. The van der Waals surface area contributed by atoms with Gasteiger partial charge in [-0.15, -0.1) is 0 Å². The Balaban J connectivity index is 2.87. The lowest BCUT2D eigenvalue weighted by atomic mass is 10.0. The Labute approximate surface area is 150 Å². The maximum atomic E-state index is 13.3. The predicted molar refractivity (Wildman–Crippen MR) is 90.1 cm³/mol. The summed E-state index contributed by atoms with van der Waals surface area (Å²) in [4.78, 5) is 46.8. The van der Waals surface area contributed by atoms with Crippen molar-refractivity contribution < 1.29 is 28.3 Å². The molecule has 0 heterocycles. The van der Waals surface area contributed by atoms with Gasteiger partial charge in [0.2, 0.25) is 17.7 Å². The fraction of sp³-hybridized carbons (Fsp3) is 0.412. The van der Waals surface area contributed by atoms with E-state index in [0.29, 0.717) is 5.56 Å². The molecule has 0 aromatic heterocycles. The van der Waals surface area contributed by atoms with Gasteiger partial charge in [0, 0.05) is 13.3 Å². The molecule has 0 radical (unpaired) electrons. The number of rotatable bonds is 9. The smallest absolute Gasteiger partial charge is 0.308 e. The first-order chi connectivity index (χ1) is 12.2. The number of halogens is 1. The van der Waals surface area contributed by atoms with Crippen LogP contribution in [0.3, 0.4) is 0 Å². The third-order valence-electron chi connectivity index (χ3n) is 3.36. The van der Waals surface area contributed by atoms with Gasteiger partial charge in [-0.1, -0.05) is 12.1 Å². The lowest BCUT2D eigenvalue weighted by Crippen LogP contribution is -2.54. The molecule has 142 valence electrons. The molecule has 1 rings (SSSR count). The Hall–Kier alpha value is -2.97. The highest BCUT2D eigenvalue weighted by Crippen LogP contribution is 2.08. The Bertz CT molecular complexity index is 680. The lowest BCUT2D eigenvalue weighted by molar-refractivity contribution is -0.145. The van der Waals surface area contributed by atoms with Crippen molar-refractivity contribution in [1.82, 2.24) is 10.6 Å². The van der Waals surface area contributed by atoms with E-state index in [9.17, 15) is 23.6 Å². The van der Waals surface area contributed by atoms with Crippen LogP contribution in [0.25, 0.3) is 0 Å². The molecule has 8 nitrogen and oxygen atoms in total. The topological polar surface area (TPSA) is 128 Å². The molecule has 26 heavy (non-hydrogen) atoms. The second-order valence-electron chi connectivity index (χ2n) is 5.56. The molecule has 0 unspecified atom stereocenters. The third-order valence-corrected chi connectivity index (χ3v) is 3.36. The van der Waals surface area contributed by atoms with E-state index in [2.05, 4.69) is 10.6 Å². The van der Waals surface area contributed by atoms with E-state index in [0.717, 1.165) is 0 Å². The average molecular weight is 367 g/mol. The van der Waals surface area contributed by atoms with Crippen LogP contribution in [-0.2, 0) is 30.3 Å². The molecule has 9 heteroatoms. The molecule has 4 N–H and O–H groups in total. The first kappa shape index (κ1) is 21.1. The molecular weight excluding hydrogens is 345 g/mol. The summed E-state index contributed by atoms with van der Waals surface area (Å²) in [7, 11) is 0. The van der Waals surface area contributed by atoms with Crippen LogP contribution in [0.5, 0.6) is 0 Å². The lowest BCUT2D eigenvalue weighted by Gasteiger charge is -2.21. The van der Waals surface area contributed by atoms with E-state index >= 15 is 0 Å².